The van der Waals surface area contributed by atoms with Gasteiger partial charge in [0.05, 0.1) is 0 Å². The molecule has 0 atom stereocenters. The van der Waals surface area contributed by atoms with Crippen molar-refractivity contribution in [2.45, 2.75) is 26.7 Å². The van der Waals surface area contributed by atoms with E-state index in [1.807, 2.05) is 0 Å². The number of rotatable bonds is 2. The fraction of sp³-hybridized carbons (Fsp3) is 0.571. The van der Waals surface area contributed by atoms with E-state index in [-0.39, 0.29) is 0 Å². The number of nitrogens with zero attached hydrogens (tertiary/aromatic N) is 1. The average Bonchev–Trinajstić information content (AvgIpc) is 2.33. The zero-order chi connectivity index (χ0) is 11.5. The molecule has 0 aliphatic carbocycles. The molecule has 2 heteroatoms. The topological polar surface area (TPSA) is 23.5 Å². The largest absolute Gasteiger partial charge is 0.396 e. The second-order valence-corrected chi connectivity index (χ2v) is 4.88. The quantitative estimate of drug-likeness (QED) is 0.826. The van der Waals surface area contributed by atoms with Crippen LogP contribution < -0.4 is 4.90 Å². The van der Waals surface area contributed by atoms with Crippen LogP contribution in [0.4, 0.5) is 5.69 Å². The summed E-state index contributed by atoms with van der Waals surface area (Å²) in [5.74, 6) is 0.516. The van der Waals surface area contributed by atoms with E-state index < -0.39 is 0 Å². The number of anilines is 1. The summed E-state index contributed by atoms with van der Waals surface area (Å²) in [6.45, 7) is 6.82. The summed E-state index contributed by atoms with van der Waals surface area (Å²) in [5, 5.41) is 9.11. The van der Waals surface area contributed by atoms with E-state index in [4.69, 9.17) is 5.11 Å². The Morgan fingerprint density at radius 2 is 1.88 bits per heavy atom. The minimum atomic E-state index is 0.348. The number of piperidine rings is 1. The van der Waals surface area contributed by atoms with Crippen molar-refractivity contribution in [1.29, 1.82) is 0 Å². The minimum Gasteiger partial charge on any atom is -0.396 e. The molecule has 1 aromatic carbocycles. The molecular weight excluding hydrogens is 198 g/mol. The van der Waals surface area contributed by atoms with Gasteiger partial charge in [-0.05, 0) is 55.9 Å². The monoisotopic (exact) mass is 219 g/mol. The van der Waals surface area contributed by atoms with Crippen molar-refractivity contribution in [2.75, 3.05) is 24.6 Å². The lowest BCUT2D eigenvalue weighted by atomic mass is 9.97. The summed E-state index contributed by atoms with van der Waals surface area (Å²) in [5.41, 5.74) is 4.05. The minimum absolute atomic E-state index is 0.348. The number of aliphatic hydroxyl groups excluding tert-OH is 1. The lowest BCUT2D eigenvalue weighted by Crippen LogP contribution is -2.34. The number of hydrogen-bond acceptors (Lipinski definition) is 2. The van der Waals surface area contributed by atoms with E-state index in [0.717, 1.165) is 25.9 Å². The van der Waals surface area contributed by atoms with Crippen molar-refractivity contribution >= 4 is 5.69 Å². The molecule has 88 valence electrons. The van der Waals surface area contributed by atoms with Crippen molar-refractivity contribution in [3.63, 3.8) is 0 Å². The first-order valence-electron chi connectivity index (χ1n) is 6.14. The van der Waals surface area contributed by atoms with Crippen LogP contribution in [-0.4, -0.2) is 24.8 Å². The number of aliphatic hydroxyl groups is 1. The van der Waals surface area contributed by atoms with E-state index in [9.17, 15) is 0 Å². The van der Waals surface area contributed by atoms with E-state index in [1.54, 1.807) is 0 Å². The maximum absolute atomic E-state index is 9.11. The van der Waals surface area contributed by atoms with Crippen LogP contribution in [-0.2, 0) is 0 Å². The van der Waals surface area contributed by atoms with Crippen LogP contribution in [0.5, 0.6) is 0 Å². The molecule has 1 fully saturated rings. The summed E-state index contributed by atoms with van der Waals surface area (Å²) in [7, 11) is 0. The van der Waals surface area contributed by atoms with Gasteiger partial charge in [0.25, 0.3) is 0 Å². The zero-order valence-corrected chi connectivity index (χ0v) is 10.2. The smallest absolute Gasteiger partial charge is 0.0460 e. The predicted octanol–water partition coefficient (Wildman–Crippen LogP) is 2.51. The molecule has 2 nitrogen and oxygen atoms in total. The molecule has 2 rings (SSSR count). The van der Waals surface area contributed by atoms with Crippen molar-refractivity contribution in [1.82, 2.24) is 0 Å². The van der Waals surface area contributed by atoms with Gasteiger partial charge in [-0.3, -0.25) is 0 Å². The van der Waals surface area contributed by atoms with Crippen molar-refractivity contribution in [3.8, 4) is 0 Å². The number of aryl methyl sites for hydroxylation is 2. The molecule has 1 saturated heterocycles. The van der Waals surface area contributed by atoms with E-state index in [0.29, 0.717) is 12.5 Å². The molecule has 1 aromatic rings. The van der Waals surface area contributed by atoms with Gasteiger partial charge >= 0.3 is 0 Å². The zero-order valence-electron chi connectivity index (χ0n) is 10.2. The first kappa shape index (κ1) is 11.5. The van der Waals surface area contributed by atoms with Crippen LogP contribution in [0.15, 0.2) is 18.2 Å². The van der Waals surface area contributed by atoms with Crippen molar-refractivity contribution in [2.24, 2.45) is 5.92 Å². The molecule has 1 N–H and O–H groups in total. The average molecular weight is 219 g/mol. The third kappa shape index (κ3) is 2.38. The van der Waals surface area contributed by atoms with E-state index in [1.165, 1.54) is 16.8 Å². The van der Waals surface area contributed by atoms with Crippen LogP contribution in [0.25, 0.3) is 0 Å². The molecule has 16 heavy (non-hydrogen) atoms. The van der Waals surface area contributed by atoms with Gasteiger partial charge in [0, 0.05) is 25.4 Å². The van der Waals surface area contributed by atoms with E-state index >= 15 is 0 Å². The Morgan fingerprint density at radius 1 is 1.19 bits per heavy atom. The fourth-order valence-corrected chi connectivity index (χ4v) is 2.30. The molecule has 1 aliphatic heterocycles. The maximum Gasteiger partial charge on any atom is 0.0460 e. The van der Waals surface area contributed by atoms with Gasteiger partial charge in [-0.1, -0.05) is 6.07 Å². The Balaban J connectivity index is 2.05. The molecule has 0 radical (unpaired) electrons. The summed E-state index contributed by atoms with van der Waals surface area (Å²) in [6.07, 6.45) is 2.23. The van der Waals surface area contributed by atoms with Crippen LogP contribution in [0.1, 0.15) is 24.0 Å². The normalized spacial score (nSPS) is 17.8. The molecule has 0 saturated carbocycles. The first-order valence-corrected chi connectivity index (χ1v) is 6.14. The third-order valence-corrected chi connectivity index (χ3v) is 3.73. The summed E-state index contributed by atoms with van der Waals surface area (Å²) in [6, 6.07) is 6.68. The number of hydrogen-bond donors (Lipinski definition) is 1. The number of benzene rings is 1. The van der Waals surface area contributed by atoms with Gasteiger partial charge in [-0.2, -0.15) is 0 Å². The molecule has 1 heterocycles. The molecular formula is C14H21NO. The molecule has 0 aromatic heterocycles. The standard InChI is InChI=1S/C14H21NO/c1-11-3-4-14(9-12(11)2)15-7-5-13(10-16)6-8-15/h3-4,9,13,16H,5-8,10H2,1-2H3. The third-order valence-electron chi connectivity index (χ3n) is 3.73. The Bertz CT molecular complexity index is 354. The summed E-state index contributed by atoms with van der Waals surface area (Å²) < 4.78 is 0. The highest BCUT2D eigenvalue weighted by Gasteiger charge is 2.18. The lowest BCUT2D eigenvalue weighted by molar-refractivity contribution is 0.203. The molecule has 0 bridgehead atoms. The highest BCUT2D eigenvalue weighted by Crippen LogP contribution is 2.24. The molecule has 1 aliphatic rings. The molecule has 0 unspecified atom stereocenters. The maximum atomic E-state index is 9.11. The van der Waals surface area contributed by atoms with Gasteiger partial charge in [-0.25, -0.2) is 0 Å². The highest BCUT2D eigenvalue weighted by atomic mass is 16.3. The Kier molecular flexibility index (Phi) is 3.49. The predicted molar refractivity (Wildman–Crippen MR) is 67.9 cm³/mol. The summed E-state index contributed by atoms with van der Waals surface area (Å²) in [4.78, 5) is 2.43. The van der Waals surface area contributed by atoms with Gasteiger partial charge in [0.2, 0.25) is 0 Å². The Labute approximate surface area is 97.9 Å². The first-order chi connectivity index (χ1) is 7.70. The van der Waals surface area contributed by atoms with Gasteiger partial charge in [0.1, 0.15) is 0 Å². The van der Waals surface area contributed by atoms with Crippen LogP contribution in [0.3, 0.4) is 0 Å². The SMILES string of the molecule is Cc1ccc(N2CCC(CO)CC2)cc1C. The molecule has 0 amide bonds. The lowest BCUT2D eigenvalue weighted by Gasteiger charge is -2.33. The van der Waals surface area contributed by atoms with Crippen molar-refractivity contribution in [3.05, 3.63) is 29.3 Å². The van der Waals surface area contributed by atoms with Crippen LogP contribution in [0, 0.1) is 19.8 Å². The Hall–Kier alpha value is -1.02. The fourth-order valence-electron chi connectivity index (χ4n) is 2.30. The van der Waals surface area contributed by atoms with Crippen LogP contribution >= 0.6 is 0 Å². The van der Waals surface area contributed by atoms with Crippen molar-refractivity contribution < 1.29 is 5.11 Å². The second-order valence-electron chi connectivity index (χ2n) is 4.88. The van der Waals surface area contributed by atoms with Gasteiger partial charge in [0.15, 0.2) is 0 Å². The van der Waals surface area contributed by atoms with Crippen LogP contribution in [0.2, 0.25) is 0 Å². The highest BCUT2D eigenvalue weighted by molar-refractivity contribution is 5.50. The van der Waals surface area contributed by atoms with Gasteiger partial charge < -0.3 is 10.0 Å². The molecule has 0 spiro atoms. The summed E-state index contributed by atoms with van der Waals surface area (Å²) >= 11 is 0. The van der Waals surface area contributed by atoms with E-state index in [2.05, 4.69) is 36.9 Å². The second kappa shape index (κ2) is 4.88. The van der Waals surface area contributed by atoms with Gasteiger partial charge in [-0.15, -0.1) is 0 Å². The Morgan fingerprint density at radius 3 is 2.44 bits per heavy atom.